The number of hydrogen-bond donors (Lipinski definition) is 0. The predicted molar refractivity (Wildman–Crippen MR) is 106 cm³/mol. The van der Waals surface area contributed by atoms with Crippen molar-refractivity contribution in [3.8, 4) is 0 Å². The Morgan fingerprint density at radius 2 is 1.29 bits per heavy atom. The van der Waals surface area contributed by atoms with Crippen molar-refractivity contribution in [2.75, 3.05) is 0 Å². The van der Waals surface area contributed by atoms with Crippen LogP contribution in [-0.4, -0.2) is 5.78 Å². The summed E-state index contributed by atoms with van der Waals surface area (Å²) in [6.45, 7) is 4.11. The highest BCUT2D eigenvalue weighted by atomic mass is 16.1. The van der Waals surface area contributed by atoms with Gasteiger partial charge in [0.1, 0.15) is 5.78 Å². The van der Waals surface area contributed by atoms with E-state index in [2.05, 4.69) is 6.92 Å². The second-order valence-corrected chi connectivity index (χ2v) is 8.37. The fourth-order valence-corrected chi connectivity index (χ4v) is 4.37. The lowest BCUT2D eigenvalue weighted by molar-refractivity contribution is -0.121. The Labute approximate surface area is 152 Å². The molecule has 1 fully saturated rings. The molecule has 1 rings (SSSR count). The van der Waals surface area contributed by atoms with Crippen LogP contribution in [0.3, 0.4) is 0 Å². The highest BCUT2D eigenvalue weighted by molar-refractivity contribution is 5.78. The zero-order valence-electron chi connectivity index (χ0n) is 16.8. The van der Waals surface area contributed by atoms with Crippen LogP contribution in [-0.2, 0) is 4.79 Å². The van der Waals surface area contributed by atoms with Crippen molar-refractivity contribution < 1.29 is 4.79 Å². The van der Waals surface area contributed by atoms with E-state index in [0.29, 0.717) is 11.7 Å². The molecule has 1 unspecified atom stereocenters. The largest absolute Gasteiger partial charge is 0.300 e. The number of unbranched alkanes of at least 4 members (excludes halogenated alkanes) is 10. The normalized spacial score (nSPS) is 17.1. The molecule has 0 bridgehead atoms. The molecule has 1 aliphatic rings. The lowest BCUT2D eigenvalue weighted by Gasteiger charge is -2.25. The van der Waals surface area contributed by atoms with Crippen LogP contribution >= 0.6 is 0 Å². The van der Waals surface area contributed by atoms with Gasteiger partial charge in [-0.25, -0.2) is 0 Å². The quantitative estimate of drug-likeness (QED) is 0.278. The first-order chi connectivity index (χ1) is 11.7. The summed E-state index contributed by atoms with van der Waals surface area (Å²) in [4.78, 5) is 11.9. The number of hydrogen-bond acceptors (Lipinski definition) is 1. The van der Waals surface area contributed by atoms with Gasteiger partial charge in [-0.05, 0) is 25.7 Å². The summed E-state index contributed by atoms with van der Waals surface area (Å²) in [5.41, 5.74) is 0. The molecule has 0 aliphatic heterocycles. The molecule has 0 heterocycles. The van der Waals surface area contributed by atoms with Crippen LogP contribution in [0.25, 0.3) is 0 Å². The summed E-state index contributed by atoms with van der Waals surface area (Å²) in [5, 5.41) is 0. The molecule has 0 aromatic carbocycles. The average molecular weight is 337 g/mol. The first kappa shape index (κ1) is 21.7. The third kappa shape index (κ3) is 11.3. The number of Topliss-reactive ketones (excluding diaryl/α,β-unsaturated/α-hetero) is 1. The topological polar surface area (TPSA) is 17.1 Å². The Kier molecular flexibility index (Phi) is 13.5. The van der Waals surface area contributed by atoms with Gasteiger partial charge in [0, 0.05) is 5.92 Å². The van der Waals surface area contributed by atoms with Gasteiger partial charge >= 0.3 is 0 Å². The van der Waals surface area contributed by atoms with Crippen LogP contribution < -0.4 is 0 Å². The zero-order chi connectivity index (χ0) is 17.5. The minimum atomic E-state index is 0.367. The number of ketones is 1. The number of carbonyl (C=O) groups excluding carboxylic acids is 1. The molecule has 0 amide bonds. The minimum Gasteiger partial charge on any atom is -0.300 e. The Hall–Kier alpha value is -0.330. The fraction of sp³-hybridized carbons (Fsp3) is 0.957. The van der Waals surface area contributed by atoms with Gasteiger partial charge in [0.05, 0.1) is 0 Å². The molecule has 24 heavy (non-hydrogen) atoms. The molecule has 0 radical (unpaired) electrons. The molecule has 1 atom stereocenters. The second-order valence-electron chi connectivity index (χ2n) is 8.37. The maximum Gasteiger partial charge on any atom is 0.132 e. The summed E-state index contributed by atoms with van der Waals surface area (Å²) in [6, 6.07) is 0. The predicted octanol–water partition coefficient (Wildman–Crippen LogP) is 7.86. The van der Waals surface area contributed by atoms with Crippen molar-refractivity contribution in [3.63, 3.8) is 0 Å². The summed E-state index contributed by atoms with van der Waals surface area (Å²) in [5.74, 6) is 1.67. The minimum absolute atomic E-state index is 0.367. The van der Waals surface area contributed by atoms with E-state index in [1.165, 1.54) is 109 Å². The van der Waals surface area contributed by atoms with Gasteiger partial charge in [-0.3, -0.25) is 4.79 Å². The molecule has 1 nitrogen and oxygen atoms in total. The Morgan fingerprint density at radius 1 is 0.792 bits per heavy atom. The molecular weight excluding hydrogens is 292 g/mol. The van der Waals surface area contributed by atoms with Gasteiger partial charge < -0.3 is 0 Å². The Bertz CT molecular complexity index is 290. The van der Waals surface area contributed by atoms with Crippen molar-refractivity contribution in [1.82, 2.24) is 0 Å². The van der Waals surface area contributed by atoms with Crippen LogP contribution in [0.15, 0.2) is 0 Å². The van der Waals surface area contributed by atoms with E-state index >= 15 is 0 Å². The number of rotatable bonds is 15. The van der Waals surface area contributed by atoms with E-state index in [1.807, 2.05) is 6.92 Å². The van der Waals surface area contributed by atoms with E-state index in [-0.39, 0.29) is 0 Å². The third-order valence-electron chi connectivity index (χ3n) is 6.07. The summed E-state index contributed by atoms with van der Waals surface area (Å²) >= 11 is 0. The van der Waals surface area contributed by atoms with Gasteiger partial charge in [-0.1, -0.05) is 110 Å². The van der Waals surface area contributed by atoms with E-state index in [9.17, 15) is 4.79 Å². The van der Waals surface area contributed by atoms with Gasteiger partial charge in [0.2, 0.25) is 0 Å². The van der Waals surface area contributed by atoms with E-state index in [0.717, 1.165) is 12.3 Å². The first-order valence-electron chi connectivity index (χ1n) is 11.2. The van der Waals surface area contributed by atoms with Crippen molar-refractivity contribution >= 4 is 5.78 Å². The molecule has 1 saturated carbocycles. The maximum atomic E-state index is 11.9. The van der Waals surface area contributed by atoms with Crippen LogP contribution in [0.2, 0.25) is 0 Å². The summed E-state index contributed by atoms with van der Waals surface area (Å²) < 4.78 is 0. The van der Waals surface area contributed by atoms with Crippen LogP contribution in [0.1, 0.15) is 129 Å². The fourth-order valence-electron chi connectivity index (χ4n) is 4.37. The first-order valence-corrected chi connectivity index (χ1v) is 11.2. The number of carbonyl (C=O) groups is 1. The molecule has 0 spiro atoms. The van der Waals surface area contributed by atoms with Crippen molar-refractivity contribution in [2.24, 2.45) is 11.8 Å². The van der Waals surface area contributed by atoms with Gasteiger partial charge in [-0.15, -0.1) is 0 Å². The molecular formula is C23H44O. The zero-order valence-corrected chi connectivity index (χ0v) is 16.8. The van der Waals surface area contributed by atoms with Gasteiger partial charge in [-0.2, -0.15) is 0 Å². The highest BCUT2D eigenvalue weighted by Gasteiger charge is 2.21. The standard InChI is InChI=1S/C23H44O/c1-3-4-5-6-7-8-9-10-11-12-16-19-23(21(2)24)20-22-17-14-13-15-18-22/h22-23H,3-20H2,1-2H3. The average Bonchev–Trinajstić information content (AvgIpc) is 2.59. The molecule has 0 N–H and O–H groups in total. The Morgan fingerprint density at radius 3 is 1.79 bits per heavy atom. The molecule has 0 aromatic heterocycles. The van der Waals surface area contributed by atoms with Crippen molar-refractivity contribution in [3.05, 3.63) is 0 Å². The molecule has 142 valence electrons. The monoisotopic (exact) mass is 336 g/mol. The van der Waals surface area contributed by atoms with E-state index in [4.69, 9.17) is 0 Å². The van der Waals surface area contributed by atoms with Crippen LogP contribution in [0.5, 0.6) is 0 Å². The van der Waals surface area contributed by atoms with Gasteiger partial charge in [0.15, 0.2) is 0 Å². The van der Waals surface area contributed by atoms with Crippen LogP contribution in [0.4, 0.5) is 0 Å². The Balaban J connectivity index is 1.96. The third-order valence-corrected chi connectivity index (χ3v) is 6.07. The molecule has 0 aromatic rings. The van der Waals surface area contributed by atoms with Gasteiger partial charge in [0.25, 0.3) is 0 Å². The maximum absolute atomic E-state index is 11.9. The smallest absolute Gasteiger partial charge is 0.132 e. The second kappa shape index (κ2) is 15.0. The molecule has 1 heteroatoms. The highest BCUT2D eigenvalue weighted by Crippen LogP contribution is 2.31. The summed E-state index contributed by atoms with van der Waals surface area (Å²) in [6.07, 6.45) is 24.6. The summed E-state index contributed by atoms with van der Waals surface area (Å²) in [7, 11) is 0. The molecule has 1 aliphatic carbocycles. The van der Waals surface area contributed by atoms with E-state index < -0.39 is 0 Å². The SMILES string of the molecule is CCCCCCCCCCCCCC(CC1CCCCC1)C(C)=O. The van der Waals surface area contributed by atoms with Crippen LogP contribution in [0, 0.1) is 11.8 Å². The lowest BCUT2D eigenvalue weighted by Crippen LogP contribution is -2.18. The lowest BCUT2D eigenvalue weighted by atomic mass is 9.80. The van der Waals surface area contributed by atoms with Crippen molar-refractivity contribution in [1.29, 1.82) is 0 Å². The molecule has 0 saturated heterocycles. The van der Waals surface area contributed by atoms with E-state index in [1.54, 1.807) is 0 Å². The van der Waals surface area contributed by atoms with Crippen molar-refractivity contribution in [2.45, 2.75) is 129 Å².